The summed E-state index contributed by atoms with van der Waals surface area (Å²) in [7, 11) is 0. The summed E-state index contributed by atoms with van der Waals surface area (Å²) in [5, 5.41) is 8.39. The number of hydrogen-bond acceptors (Lipinski definition) is 5. The van der Waals surface area contributed by atoms with Crippen molar-refractivity contribution in [1.82, 2.24) is 15.5 Å². The molecule has 112 valence electrons. The summed E-state index contributed by atoms with van der Waals surface area (Å²) >= 11 is 7.84. The molecule has 1 aliphatic heterocycles. The molecule has 1 aliphatic rings. The SMILES string of the molecule is CCCNC1CSCC1c1nc(-c2ccc(Cl)cc2)no1. The zero-order valence-corrected chi connectivity index (χ0v) is 13.5. The lowest BCUT2D eigenvalue weighted by Crippen LogP contribution is -2.34. The maximum atomic E-state index is 5.90. The lowest BCUT2D eigenvalue weighted by Gasteiger charge is -2.16. The summed E-state index contributed by atoms with van der Waals surface area (Å²) in [6, 6.07) is 7.92. The first-order chi connectivity index (χ1) is 10.3. The van der Waals surface area contributed by atoms with Crippen molar-refractivity contribution in [2.45, 2.75) is 25.3 Å². The van der Waals surface area contributed by atoms with Gasteiger partial charge < -0.3 is 9.84 Å². The predicted octanol–water partition coefficient (Wildman–Crippen LogP) is 3.59. The van der Waals surface area contributed by atoms with Gasteiger partial charge in [0.25, 0.3) is 0 Å². The highest BCUT2D eigenvalue weighted by Gasteiger charge is 2.33. The Hall–Kier alpha value is -1.04. The number of thioether (sulfide) groups is 1. The molecule has 0 bridgehead atoms. The highest BCUT2D eigenvalue weighted by molar-refractivity contribution is 7.99. The zero-order chi connectivity index (χ0) is 14.7. The highest BCUT2D eigenvalue weighted by atomic mass is 35.5. The van der Waals surface area contributed by atoms with Crippen molar-refractivity contribution in [3.8, 4) is 11.4 Å². The summed E-state index contributed by atoms with van der Waals surface area (Å²) in [5.74, 6) is 3.80. The summed E-state index contributed by atoms with van der Waals surface area (Å²) < 4.78 is 5.50. The number of nitrogens with one attached hydrogen (secondary N) is 1. The number of hydrogen-bond donors (Lipinski definition) is 1. The van der Waals surface area contributed by atoms with Crippen molar-refractivity contribution in [2.24, 2.45) is 0 Å². The fourth-order valence-electron chi connectivity index (χ4n) is 2.43. The number of halogens is 1. The second kappa shape index (κ2) is 6.81. The summed E-state index contributed by atoms with van der Waals surface area (Å²) in [6.07, 6.45) is 1.13. The Labute approximate surface area is 133 Å². The van der Waals surface area contributed by atoms with E-state index in [9.17, 15) is 0 Å². The smallest absolute Gasteiger partial charge is 0.232 e. The third kappa shape index (κ3) is 3.42. The molecule has 1 aromatic carbocycles. The molecule has 2 heterocycles. The molecule has 1 aromatic heterocycles. The van der Waals surface area contributed by atoms with Crippen molar-refractivity contribution in [1.29, 1.82) is 0 Å². The van der Waals surface area contributed by atoms with Crippen LogP contribution in [0.2, 0.25) is 5.02 Å². The van der Waals surface area contributed by atoms with Crippen LogP contribution in [0.5, 0.6) is 0 Å². The molecule has 3 rings (SSSR count). The Balaban J connectivity index is 1.76. The minimum atomic E-state index is 0.301. The lowest BCUT2D eigenvalue weighted by atomic mass is 10.0. The van der Waals surface area contributed by atoms with Crippen LogP contribution in [-0.4, -0.2) is 34.2 Å². The molecule has 0 radical (unpaired) electrons. The molecule has 0 amide bonds. The maximum absolute atomic E-state index is 5.90. The van der Waals surface area contributed by atoms with Gasteiger partial charge in [0.15, 0.2) is 0 Å². The van der Waals surface area contributed by atoms with Crippen molar-refractivity contribution in [3.63, 3.8) is 0 Å². The molecule has 2 atom stereocenters. The summed E-state index contributed by atoms with van der Waals surface area (Å²) in [4.78, 5) is 4.58. The Morgan fingerprint density at radius 1 is 1.33 bits per heavy atom. The van der Waals surface area contributed by atoms with E-state index in [2.05, 4.69) is 22.4 Å². The quantitative estimate of drug-likeness (QED) is 0.911. The highest BCUT2D eigenvalue weighted by Crippen LogP contribution is 2.33. The van der Waals surface area contributed by atoms with E-state index in [-0.39, 0.29) is 0 Å². The molecule has 1 fully saturated rings. The molecule has 6 heteroatoms. The third-order valence-corrected chi connectivity index (χ3v) is 5.04. The van der Waals surface area contributed by atoms with E-state index in [1.165, 1.54) is 0 Å². The zero-order valence-electron chi connectivity index (χ0n) is 11.9. The van der Waals surface area contributed by atoms with Gasteiger partial charge in [-0.15, -0.1) is 0 Å². The Morgan fingerprint density at radius 2 is 2.14 bits per heavy atom. The molecule has 0 spiro atoms. The van der Waals surface area contributed by atoms with E-state index < -0.39 is 0 Å². The fourth-order valence-corrected chi connectivity index (χ4v) is 3.93. The Bertz CT molecular complexity index is 587. The molecular weight excluding hydrogens is 306 g/mol. The van der Waals surface area contributed by atoms with Crippen LogP contribution in [0.25, 0.3) is 11.4 Å². The molecule has 0 aliphatic carbocycles. The molecule has 1 N–H and O–H groups in total. The van der Waals surface area contributed by atoms with Gasteiger partial charge in [-0.25, -0.2) is 0 Å². The Kier molecular flexibility index (Phi) is 4.83. The van der Waals surface area contributed by atoms with Crippen LogP contribution in [0, 0.1) is 0 Å². The standard InChI is InChI=1S/C15H18ClN3OS/c1-2-7-17-13-9-21-8-12(13)15-18-14(19-20-15)10-3-5-11(16)6-4-10/h3-6,12-13,17H,2,7-9H2,1H3. The van der Waals surface area contributed by atoms with Gasteiger partial charge in [-0.3, -0.25) is 0 Å². The van der Waals surface area contributed by atoms with Gasteiger partial charge in [-0.1, -0.05) is 23.7 Å². The average Bonchev–Trinajstić information content (AvgIpc) is 3.14. The topological polar surface area (TPSA) is 51.0 Å². The molecule has 0 saturated carbocycles. The van der Waals surface area contributed by atoms with Crippen LogP contribution >= 0.6 is 23.4 Å². The molecule has 2 unspecified atom stereocenters. The van der Waals surface area contributed by atoms with Gasteiger partial charge in [0, 0.05) is 28.1 Å². The van der Waals surface area contributed by atoms with E-state index in [0.717, 1.165) is 35.9 Å². The Morgan fingerprint density at radius 3 is 2.90 bits per heavy atom. The van der Waals surface area contributed by atoms with Gasteiger partial charge >= 0.3 is 0 Å². The monoisotopic (exact) mass is 323 g/mol. The van der Waals surface area contributed by atoms with Crippen LogP contribution in [0.3, 0.4) is 0 Å². The first-order valence-corrected chi connectivity index (χ1v) is 8.72. The molecular formula is C15H18ClN3OS. The molecule has 21 heavy (non-hydrogen) atoms. The minimum absolute atomic E-state index is 0.301. The summed E-state index contributed by atoms with van der Waals surface area (Å²) in [6.45, 7) is 3.20. The van der Waals surface area contributed by atoms with Crippen molar-refractivity contribution in [3.05, 3.63) is 35.2 Å². The van der Waals surface area contributed by atoms with E-state index in [0.29, 0.717) is 22.8 Å². The van der Waals surface area contributed by atoms with Gasteiger partial charge in [-0.05, 0) is 37.2 Å². The second-order valence-corrected chi connectivity index (χ2v) is 6.68. The third-order valence-electron chi connectivity index (χ3n) is 3.60. The molecule has 4 nitrogen and oxygen atoms in total. The van der Waals surface area contributed by atoms with Gasteiger partial charge in [0.05, 0.1) is 5.92 Å². The number of benzene rings is 1. The number of aromatic nitrogens is 2. The number of nitrogens with zero attached hydrogens (tertiary/aromatic N) is 2. The van der Waals surface area contributed by atoms with Crippen LogP contribution < -0.4 is 5.32 Å². The fraction of sp³-hybridized carbons (Fsp3) is 0.467. The lowest BCUT2D eigenvalue weighted by molar-refractivity contribution is 0.339. The van der Waals surface area contributed by atoms with Crippen LogP contribution in [0.15, 0.2) is 28.8 Å². The van der Waals surface area contributed by atoms with E-state index in [1.54, 1.807) is 0 Å². The maximum Gasteiger partial charge on any atom is 0.232 e. The largest absolute Gasteiger partial charge is 0.339 e. The first-order valence-electron chi connectivity index (χ1n) is 7.18. The van der Waals surface area contributed by atoms with Crippen LogP contribution in [0.4, 0.5) is 0 Å². The molecule has 1 saturated heterocycles. The van der Waals surface area contributed by atoms with Gasteiger partial charge in [0.2, 0.25) is 11.7 Å². The second-order valence-electron chi connectivity index (χ2n) is 5.17. The summed E-state index contributed by atoms with van der Waals surface area (Å²) in [5.41, 5.74) is 0.929. The first kappa shape index (κ1) is 14.9. The minimum Gasteiger partial charge on any atom is -0.339 e. The molecule has 2 aromatic rings. The van der Waals surface area contributed by atoms with E-state index in [1.807, 2.05) is 36.0 Å². The number of rotatable bonds is 5. The van der Waals surface area contributed by atoms with Gasteiger partial charge in [-0.2, -0.15) is 16.7 Å². The van der Waals surface area contributed by atoms with E-state index in [4.69, 9.17) is 16.1 Å². The van der Waals surface area contributed by atoms with Crippen molar-refractivity contribution in [2.75, 3.05) is 18.1 Å². The van der Waals surface area contributed by atoms with Gasteiger partial charge in [0.1, 0.15) is 0 Å². The van der Waals surface area contributed by atoms with E-state index >= 15 is 0 Å². The van der Waals surface area contributed by atoms with Crippen molar-refractivity contribution >= 4 is 23.4 Å². The normalized spacial score (nSPS) is 21.8. The van der Waals surface area contributed by atoms with Crippen LogP contribution in [-0.2, 0) is 0 Å². The predicted molar refractivity (Wildman–Crippen MR) is 86.9 cm³/mol. The van der Waals surface area contributed by atoms with Crippen molar-refractivity contribution < 1.29 is 4.52 Å². The van der Waals surface area contributed by atoms with Crippen LogP contribution in [0.1, 0.15) is 25.2 Å². The average molecular weight is 324 g/mol.